The summed E-state index contributed by atoms with van der Waals surface area (Å²) in [6.45, 7) is 2.24. The van der Waals surface area contributed by atoms with Crippen LogP contribution < -0.4 is 5.32 Å². The Morgan fingerprint density at radius 1 is 1.59 bits per heavy atom. The maximum absolute atomic E-state index is 10.7. The van der Waals surface area contributed by atoms with E-state index in [9.17, 15) is 4.79 Å². The van der Waals surface area contributed by atoms with Crippen molar-refractivity contribution in [3.05, 3.63) is 29.7 Å². The first-order chi connectivity index (χ1) is 8.19. The summed E-state index contributed by atoms with van der Waals surface area (Å²) in [5.74, 6) is 0.0262. The molecular formula is C12H11N3O2. The van der Waals surface area contributed by atoms with Gasteiger partial charge in [0.05, 0.1) is 0 Å². The maximum Gasteiger partial charge on any atom is 0.322 e. The molecule has 1 aromatic carbocycles. The highest BCUT2D eigenvalue weighted by atomic mass is 16.3. The third-order valence-corrected chi connectivity index (χ3v) is 2.36. The first-order valence-electron chi connectivity index (χ1n) is 5.23. The third kappa shape index (κ3) is 2.61. The van der Waals surface area contributed by atoms with Gasteiger partial charge in [-0.3, -0.25) is 4.79 Å². The minimum atomic E-state index is -0.608. The quantitative estimate of drug-likeness (QED) is 0.805. The number of hydrogen-bond donors (Lipinski definition) is 1. The Hall–Kier alpha value is -2.35. The van der Waals surface area contributed by atoms with Crippen LogP contribution in [0.3, 0.4) is 0 Å². The number of hydrogen-bond acceptors (Lipinski definition) is 4. The number of benzene rings is 1. The number of carbonyl (C=O) groups is 1. The highest BCUT2D eigenvalue weighted by Crippen LogP contribution is 2.16. The smallest absolute Gasteiger partial charge is 0.322 e. The summed E-state index contributed by atoms with van der Waals surface area (Å²) in [6, 6.07) is 7.21. The van der Waals surface area contributed by atoms with E-state index < -0.39 is 5.91 Å². The molecule has 1 heterocycles. The Balaban J connectivity index is 2.04. The zero-order valence-corrected chi connectivity index (χ0v) is 9.36. The topological polar surface area (TPSA) is 78.9 Å². The van der Waals surface area contributed by atoms with Gasteiger partial charge in [-0.05, 0) is 24.1 Å². The van der Waals surface area contributed by atoms with Crippen molar-refractivity contribution in [3.8, 4) is 6.07 Å². The van der Waals surface area contributed by atoms with Gasteiger partial charge in [-0.25, -0.2) is 4.98 Å². The third-order valence-electron chi connectivity index (χ3n) is 2.36. The summed E-state index contributed by atoms with van der Waals surface area (Å²) in [5.41, 5.74) is 2.61. The van der Waals surface area contributed by atoms with Gasteiger partial charge < -0.3 is 9.73 Å². The summed E-state index contributed by atoms with van der Waals surface area (Å²) in [7, 11) is 0. The van der Waals surface area contributed by atoms with Crippen molar-refractivity contribution in [1.29, 1.82) is 5.26 Å². The van der Waals surface area contributed by atoms with Crippen molar-refractivity contribution in [2.75, 3.05) is 6.54 Å². The second-order valence-corrected chi connectivity index (χ2v) is 3.65. The Kier molecular flexibility index (Phi) is 3.06. The highest BCUT2D eigenvalue weighted by Gasteiger charge is 2.03. The van der Waals surface area contributed by atoms with Gasteiger partial charge >= 0.3 is 5.91 Å². The predicted octanol–water partition coefficient (Wildman–Crippen LogP) is 1.32. The van der Waals surface area contributed by atoms with Crippen LogP contribution >= 0.6 is 0 Å². The fraction of sp³-hybridized carbons (Fsp3) is 0.250. The largest absolute Gasteiger partial charge is 0.441 e. The fourth-order valence-electron chi connectivity index (χ4n) is 1.60. The van der Waals surface area contributed by atoms with E-state index in [1.165, 1.54) is 6.07 Å². The van der Waals surface area contributed by atoms with Crippen LogP contribution in [0, 0.1) is 18.3 Å². The number of nitrogens with one attached hydrogen (secondary N) is 1. The van der Waals surface area contributed by atoms with Crippen molar-refractivity contribution in [2.24, 2.45) is 0 Å². The van der Waals surface area contributed by atoms with Crippen molar-refractivity contribution >= 4 is 17.0 Å². The zero-order valence-electron chi connectivity index (χ0n) is 9.36. The van der Waals surface area contributed by atoms with Gasteiger partial charge in [0.15, 0.2) is 17.5 Å². The monoisotopic (exact) mass is 229 g/mol. The molecule has 2 rings (SSSR count). The van der Waals surface area contributed by atoms with E-state index in [1.807, 2.05) is 18.2 Å². The minimum Gasteiger partial charge on any atom is -0.441 e. The molecule has 0 radical (unpaired) electrons. The van der Waals surface area contributed by atoms with Gasteiger partial charge in [-0.2, -0.15) is 5.26 Å². The maximum atomic E-state index is 10.7. The minimum absolute atomic E-state index is 0.439. The number of nitriles is 1. The molecule has 1 N–H and O–H groups in total. The number of nitrogens with zero attached hydrogens (tertiary/aromatic N) is 2. The number of rotatable bonds is 3. The number of amides is 1. The molecule has 0 spiro atoms. The van der Waals surface area contributed by atoms with E-state index in [2.05, 4.69) is 10.3 Å². The molecule has 0 aliphatic rings. The summed E-state index contributed by atoms with van der Waals surface area (Å²) in [5, 5.41) is 10.8. The van der Waals surface area contributed by atoms with E-state index in [1.54, 1.807) is 6.92 Å². The SMILES string of the molecule is Cc1nc2cc(CCNC(=O)C#N)ccc2o1. The van der Waals surface area contributed by atoms with Gasteiger partial charge in [0.25, 0.3) is 0 Å². The second kappa shape index (κ2) is 4.66. The first kappa shape index (κ1) is 11.1. The fourth-order valence-corrected chi connectivity index (χ4v) is 1.60. The number of oxazole rings is 1. The highest BCUT2D eigenvalue weighted by molar-refractivity contribution is 5.91. The first-order valence-corrected chi connectivity index (χ1v) is 5.23. The van der Waals surface area contributed by atoms with Gasteiger partial charge in [-0.1, -0.05) is 6.07 Å². The molecular weight excluding hydrogens is 218 g/mol. The van der Waals surface area contributed by atoms with Crippen LogP contribution in [0.5, 0.6) is 0 Å². The van der Waals surface area contributed by atoms with Crippen LogP contribution in [0.15, 0.2) is 22.6 Å². The summed E-state index contributed by atoms with van der Waals surface area (Å²) in [6.07, 6.45) is 0.662. The Morgan fingerprint density at radius 3 is 3.18 bits per heavy atom. The van der Waals surface area contributed by atoms with Crippen molar-refractivity contribution in [2.45, 2.75) is 13.3 Å². The molecule has 2 aromatic rings. The number of fused-ring (bicyclic) bond motifs is 1. The molecule has 0 saturated heterocycles. The average Bonchev–Trinajstić information content (AvgIpc) is 2.68. The number of aromatic nitrogens is 1. The zero-order chi connectivity index (χ0) is 12.3. The predicted molar refractivity (Wildman–Crippen MR) is 61.1 cm³/mol. The molecule has 0 unspecified atom stereocenters. The molecule has 0 aliphatic carbocycles. The molecule has 0 bridgehead atoms. The molecule has 0 aliphatic heterocycles. The van der Waals surface area contributed by atoms with Gasteiger partial charge in [0.2, 0.25) is 0 Å². The van der Waals surface area contributed by atoms with Gasteiger partial charge in [0, 0.05) is 13.5 Å². The molecule has 1 amide bonds. The molecule has 5 nitrogen and oxygen atoms in total. The molecule has 86 valence electrons. The van der Waals surface area contributed by atoms with E-state index in [-0.39, 0.29) is 0 Å². The lowest BCUT2D eigenvalue weighted by atomic mass is 10.1. The number of aryl methyl sites for hydroxylation is 1. The molecule has 0 saturated carbocycles. The second-order valence-electron chi connectivity index (χ2n) is 3.65. The Morgan fingerprint density at radius 2 is 2.41 bits per heavy atom. The number of carbonyl (C=O) groups excluding carboxylic acids is 1. The average molecular weight is 229 g/mol. The summed E-state index contributed by atoms with van der Waals surface area (Å²) < 4.78 is 5.36. The Labute approximate surface area is 98.1 Å². The van der Waals surface area contributed by atoms with E-state index >= 15 is 0 Å². The van der Waals surface area contributed by atoms with E-state index in [4.69, 9.17) is 9.68 Å². The van der Waals surface area contributed by atoms with Crippen molar-refractivity contribution < 1.29 is 9.21 Å². The standard InChI is InChI=1S/C12H11N3O2/c1-8-15-10-6-9(2-3-11(10)17-8)4-5-14-12(16)7-13/h2-3,6H,4-5H2,1H3,(H,14,16). The van der Waals surface area contributed by atoms with Crippen LogP contribution in [0.25, 0.3) is 11.1 Å². The van der Waals surface area contributed by atoms with E-state index in [0.717, 1.165) is 16.7 Å². The van der Waals surface area contributed by atoms with Crippen LogP contribution in [0.4, 0.5) is 0 Å². The van der Waals surface area contributed by atoms with Crippen LogP contribution in [-0.4, -0.2) is 17.4 Å². The van der Waals surface area contributed by atoms with Crippen molar-refractivity contribution in [3.63, 3.8) is 0 Å². The van der Waals surface area contributed by atoms with Crippen LogP contribution in [0.2, 0.25) is 0 Å². The van der Waals surface area contributed by atoms with Gasteiger partial charge in [0.1, 0.15) is 5.52 Å². The molecule has 1 aromatic heterocycles. The van der Waals surface area contributed by atoms with Crippen LogP contribution in [0.1, 0.15) is 11.5 Å². The normalized spacial score (nSPS) is 10.1. The molecule has 0 fully saturated rings. The van der Waals surface area contributed by atoms with Crippen LogP contribution in [-0.2, 0) is 11.2 Å². The Bertz CT molecular complexity index is 595. The summed E-state index contributed by atoms with van der Waals surface area (Å²) in [4.78, 5) is 14.9. The lowest BCUT2D eigenvalue weighted by molar-refractivity contribution is -0.115. The van der Waals surface area contributed by atoms with Gasteiger partial charge in [-0.15, -0.1) is 0 Å². The van der Waals surface area contributed by atoms with E-state index in [0.29, 0.717) is 18.9 Å². The molecule has 0 atom stereocenters. The lowest BCUT2D eigenvalue weighted by Gasteiger charge is -2.00. The molecule has 17 heavy (non-hydrogen) atoms. The molecule has 5 heteroatoms. The lowest BCUT2D eigenvalue weighted by Crippen LogP contribution is -2.23. The summed E-state index contributed by atoms with van der Waals surface area (Å²) >= 11 is 0. The van der Waals surface area contributed by atoms with Crippen molar-refractivity contribution in [1.82, 2.24) is 10.3 Å².